The van der Waals surface area contributed by atoms with Crippen molar-refractivity contribution < 1.29 is 54.6 Å². The summed E-state index contributed by atoms with van der Waals surface area (Å²) < 4.78 is 122. The highest BCUT2D eigenvalue weighted by Gasteiger charge is 2.40. The average molecular weight is 750 g/mol. The molecule has 1 fully saturated rings. The summed E-state index contributed by atoms with van der Waals surface area (Å²) in [7, 11) is 0. The second-order valence-corrected chi connectivity index (χ2v) is 13.2. The lowest BCUT2D eigenvalue weighted by molar-refractivity contribution is -0.140. The van der Waals surface area contributed by atoms with E-state index in [0.717, 1.165) is 12.3 Å². The lowest BCUT2D eigenvalue weighted by Crippen LogP contribution is -2.49. The number of carboxylic acid groups (broad SMARTS) is 1. The maximum absolute atomic E-state index is 16.0. The van der Waals surface area contributed by atoms with Crippen molar-refractivity contribution in [1.82, 2.24) is 14.8 Å². The Kier molecular flexibility index (Phi) is 9.87. The van der Waals surface area contributed by atoms with Crippen LogP contribution in [0.3, 0.4) is 0 Å². The van der Waals surface area contributed by atoms with Gasteiger partial charge >= 0.3 is 18.3 Å². The van der Waals surface area contributed by atoms with E-state index >= 15 is 4.39 Å². The van der Waals surface area contributed by atoms with Crippen molar-refractivity contribution in [2.75, 3.05) is 19.6 Å². The summed E-state index contributed by atoms with van der Waals surface area (Å²) in [5, 5.41) is 12.1. The van der Waals surface area contributed by atoms with Crippen LogP contribution in [-0.4, -0.2) is 52.3 Å². The molecule has 4 bridgehead atoms. The van der Waals surface area contributed by atoms with E-state index < -0.39 is 82.5 Å². The molecule has 53 heavy (non-hydrogen) atoms. The van der Waals surface area contributed by atoms with Crippen LogP contribution >= 0.6 is 0 Å². The largest absolute Gasteiger partial charge is 0.481 e. The number of fused-ring (bicyclic) bond motifs is 6. The number of aromatic nitrogens is 1. The van der Waals surface area contributed by atoms with E-state index in [2.05, 4.69) is 5.32 Å². The Balaban J connectivity index is 1.60. The van der Waals surface area contributed by atoms with Gasteiger partial charge in [0.1, 0.15) is 29.5 Å². The van der Waals surface area contributed by atoms with Crippen molar-refractivity contribution >= 4 is 11.9 Å². The van der Waals surface area contributed by atoms with Crippen LogP contribution in [-0.2, 0) is 28.4 Å². The number of likely N-dealkylation sites (tertiary alicyclic amines) is 1. The first-order valence-corrected chi connectivity index (χ1v) is 16.3. The summed E-state index contributed by atoms with van der Waals surface area (Å²) in [6.07, 6.45) is -12.0. The van der Waals surface area contributed by atoms with Gasteiger partial charge in [0.05, 0.1) is 23.6 Å². The van der Waals surface area contributed by atoms with E-state index in [4.69, 9.17) is 4.74 Å². The number of carbonyl (C=O) groups is 2. The van der Waals surface area contributed by atoms with Gasteiger partial charge in [-0.3, -0.25) is 23.9 Å². The van der Waals surface area contributed by atoms with Crippen molar-refractivity contribution in [2.24, 2.45) is 0 Å². The van der Waals surface area contributed by atoms with Crippen LogP contribution in [0.15, 0.2) is 65.6 Å². The summed E-state index contributed by atoms with van der Waals surface area (Å²) >= 11 is 0. The summed E-state index contributed by atoms with van der Waals surface area (Å²) in [6, 6.07) is 6.66. The molecule has 0 saturated carbocycles. The fraction of sp³-hybridized carbons (Fsp3) is 0.324. The molecule has 0 spiro atoms. The number of carboxylic acids is 1. The molecule has 280 valence electrons. The Morgan fingerprint density at radius 3 is 2.30 bits per heavy atom. The molecule has 16 heteroatoms. The molecule has 6 rings (SSSR count). The summed E-state index contributed by atoms with van der Waals surface area (Å²) in [4.78, 5) is 41.5. The van der Waals surface area contributed by atoms with Crippen molar-refractivity contribution in [1.29, 1.82) is 0 Å². The minimum atomic E-state index is -5.28. The number of benzene rings is 3. The molecule has 2 N–H and O–H groups in total. The molecule has 3 aromatic carbocycles. The molecule has 3 heterocycles. The van der Waals surface area contributed by atoms with Gasteiger partial charge in [-0.25, -0.2) is 8.78 Å². The first-order chi connectivity index (χ1) is 24.8. The fourth-order valence-corrected chi connectivity index (χ4v) is 6.83. The standard InChI is InChI=1S/C37H31F8N3O5/c1-18-8-19(2)32-22-11-25(33(39)27(12-22)37(43,44)45)28(14-31(50)51)46-35(52)34(20-4-3-5-24(10-20)53-29(32)9-18)48-15-21(6-7-47-16-23(38)17-47)26(13-30(48)49)36(40,41)42/h3-5,8-13,15,23,28,34H,6-7,14,16-17H2,1-2H3,(H,46,52)(H,50,51)/t28-,34+/m1/s1. The average Bonchev–Trinajstić information content (AvgIpc) is 3.02. The number of nitrogens with zero attached hydrogens (tertiary/aromatic N) is 2. The maximum atomic E-state index is 16.0. The normalized spacial score (nSPS) is 18.1. The maximum Gasteiger partial charge on any atom is 0.419 e. The van der Waals surface area contributed by atoms with Gasteiger partial charge in [-0.05, 0) is 78.4 Å². The van der Waals surface area contributed by atoms with Crippen LogP contribution in [0.25, 0.3) is 11.1 Å². The van der Waals surface area contributed by atoms with Gasteiger partial charge in [0.2, 0.25) is 5.91 Å². The molecule has 0 aliphatic carbocycles. The number of hydrogen-bond donors (Lipinski definition) is 2. The number of ether oxygens (including phenoxy) is 1. The molecule has 1 amide bonds. The highest BCUT2D eigenvalue weighted by molar-refractivity contribution is 5.85. The predicted octanol–water partition coefficient (Wildman–Crippen LogP) is 7.53. The van der Waals surface area contributed by atoms with E-state index in [9.17, 15) is 50.2 Å². The van der Waals surface area contributed by atoms with Crippen LogP contribution in [0, 0.1) is 19.7 Å². The Hall–Kier alpha value is -5.25. The summed E-state index contributed by atoms with van der Waals surface area (Å²) in [6.45, 7) is 3.26. The Morgan fingerprint density at radius 1 is 0.962 bits per heavy atom. The smallest absolute Gasteiger partial charge is 0.419 e. The van der Waals surface area contributed by atoms with Crippen LogP contribution in [0.1, 0.15) is 57.4 Å². The van der Waals surface area contributed by atoms with Gasteiger partial charge in [0.15, 0.2) is 0 Å². The van der Waals surface area contributed by atoms with Crippen LogP contribution in [0.2, 0.25) is 0 Å². The third-order valence-corrected chi connectivity index (χ3v) is 9.22. The van der Waals surface area contributed by atoms with Crippen molar-refractivity contribution in [2.45, 2.75) is 57.3 Å². The quantitative estimate of drug-likeness (QED) is 0.198. The number of amides is 1. The van der Waals surface area contributed by atoms with Crippen LogP contribution < -0.4 is 15.6 Å². The second-order valence-electron chi connectivity index (χ2n) is 13.2. The molecule has 8 nitrogen and oxygen atoms in total. The number of carbonyl (C=O) groups excluding carboxylic acids is 1. The van der Waals surface area contributed by atoms with Crippen molar-refractivity contribution in [3.63, 3.8) is 0 Å². The number of halogens is 8. The van der Waals surface area contributed by atoms with Gasteiger partial charge in [0, 0.05) is 43.0 Å². The predicted molar refractivity (Wildman–Crippen MR) is 175 cm³/mol. The summed E-state index contributed by atoms with van der Waals surface area (Å²) in [5.74, 6) is -4.70. The first kappa shape index (κ1) is 37.5. The lowest BCUT2D eigenvalue weighted by Gasteiger charge is -2.34. The van der Waals surface area contributed by atoms with E-state index in [1.807, 2.05) is 0 Å². The molecule has 2 aliphatic heterocycles. The molecular weight excluding hydrogens is 718 g/mol. The van der Waals surface area contributed by atoms with E-state index in [-0.39, 0.29) is 54.2 Å². The SMILES string of the molecule is Cc1cc(C)c2c(c1)Oc1cccc(c1)[C@H](n1cc(CCN3CC(F)C3)c(C(F)(F)F)cc1=O)C(=O)N[C@H](CC(=O)O)c1cc-2cc(C(F)(F)F)c1F. The van der Waals surface area contributed by atoms with E-state index in [1.165, 1.54) is 30.3 Å². The third kappa shape index (κ3) is 7.77. The number of pyridine rings is 1. The molecule has 1 saturated heterocycles. The zero-order valence-electron chi connectivity index (χ0n) is 28.0. The number of nitrogens with one attached hydrogen (secondary N) is 1. The first-order valence-electron chi connectivity index (χ1n) is 16.3. The summed E-state index contributed by atoms with van der Waals surface area (Å²) in [5.41, 5.74) is -4.71. The van der Waals surface area contributed by atoms with Crippen molar-refractivity contribution in [3.8, 4) is 22.6 Å². The van der Waals surface area contributed by atoms with Gasteiger partial charge in [-0.2, -0.15) is 26.3 Å². The molecule has 0 radical (unpaired) electrons. The number of rotatable bonds is 6. The van der Waals surface area contributed by atoms with E-state index in [1.54, 1.807) is 24.8 Å². The minimum Gasteiger partial charge on any atom is -0.481 e. The zero-order valence-corrected chi connectivity index (χ0v) is 28.0. The number of alkyl halides is 7. The highest BCUT2D eigenvalue weighted by Crippen LogP contribution is 2.44. The van der Waals surface area contributed by atoms with Gasteiger partial charge in [-0.1, -0.05) is 18.2 Å². The minimum absolute atomic E-state index is 0.000228. The Morgan fingerprint density at radius 2 is 1.66 bits per heavy atom. The molecule has 4 aromatic rings. The number of aliphatic carboxylic acids is 1. The van der Waals surface area contributed by atoms with Gasteiger partial charge in [-0.15, -0.1) is 0 Å². The molecule has 2 atom stereocenters. The van der Waals surface area contributed by atoms with E-state index in [0.29, 0.717) is 27.8 Å². The monoisotopic (exact) mass is 749 g/mol. The van der Waals surface area contributed by atoms with Crippen LogP contribution in [0.4, 0.5) is 35.1 Å². The molecule has 0 unspecified atom stereocenters. The Bertz CT molecular complexity index is 2160. The van der Waals surface area contributed by atoms with Gasteiger partial charge in [0.25, 0.3) is 5.56 Å². The Labute approximate surface area is 296 Å². The molecule has 2 aliphatic rings. The van der Waals surface area contributed by atoms with Gasteiger partial charge < -0.3 is 15.2 Å². The third-order valence-electron chi connectivity index (χ3n) is 9.22. The van der Waals surface area contributed by atoms with Crippen molar-refractivity contribution in [3.05, 3.63) is 116 Å². The number of hydrogen-bond acceptors (Lipinski definition) is 5. The highest BCUT2D eigenvalue weighted by atomic mass is 19.4. The fourth-order valence-electron chi connectivity index (χ4n) is 6.83. The second kappa shape index (κ2) is 14.0. The van der Waals surface area contributed by atoms with Crippen LogP contribution in [0.5, 0.6) is 11.5 Å². The molecular formula is C37H31F8N3O5. The topological polar surface area (TPSA) is 101 Å². The lowest BCUT2D eigenvalue weighted by atomic mass is 9.91. The zero-order chi connectivity index (χ0) is 38.6. The molecule has 1 aromatic heterocycles. The number of aryl methyl sites for hydroxylation is 2.